The van der Waals surface area contributed by atoms with E-state index in [4.69, 9.17) is 15.2 Å². The van der Waals surface area contributed by atoms with Crippen molar-refractivity contribution >= 4 is 11.6 Å². The molecule has 2 heterocycles. The van der Waals surface area contributed by atoms with Gasteiger partial charge in [0.25, 0.3) is 5.91 Å². The van der Waals surface area contributed by atoms with Crippen LogP contribution in [0.15, 0.2) is 66.9 Å². The first kappa shape index (κ1) is 18.8. The lowest BCUT2D eigenvalue weighted by Gasteiger charge is -2.12. The minimum Gasteiger partial charge on any atom is -0.457 e. The molecule has 1 atom stereocenters. The van der Waals surface area contributed by atoms with Crippen molar-refractivity contribution in [3.63, 3.8) is 0 Å². The summed E-state index contributed by atoms with van der Waals surface area (Å²) >= 11 is 0. The zero-order valence-corrected chi connectivity index (χ0v) is 15.9. The van der Waals surface area contributed by atoms with Crippen molar-refractivity contribution in [2.45, 2.75) is 12.5 Å². The summed E-state index contributed by atoms with van der Waals surface area (Å²) in [5.74, 6) is 1.74. The van der Waals surface area contributed by atoms with Gasteiger partial charge in [0.05, 0.1) is 0 Å². The molecule has 7 nitrogen and oxygen atoms in total. The number of nitrogens with one attached hydrogen (secondary N) is 3. The molecular weight excluding hydrogens is 368 g/mol. The summed E-state index contributed by atoms with van der Waals surface area (Å²) in [5, 5.41) is 6.68. The number of para-hydroxylation sites is 1. The summed E-state index contributed by atoms with van der Waals surface area (Å²) in [6.07, 6.45) is 2.80. The zero-order chi connectivity index (χ0) is 20.1. The Morgan fingerprint density at radius 1 is 1.03 bits per heavy atom. The van der Waals surface area contributed by atoms with Crippen LogP contribution in [-0.2, 0) is 0 Å². The number of ether oxygens (including phenoxy) is 2. The smallest absolute Gasteiger partial charge is 0.384 e. The molecule has 1 aromatic heterocycles. The molecule has 1 aliphatic rings. The van der Waals surface area contributed by atoms with Gasteiger partial charge in [0.1, 0.15) is 22.9 Å². The quantitative estimate of drug-likeness (QED) is 0.575. The number of hydrogen-bond donors (Lipinski definition) is 3. The van der Waals surface area contributed by atoms with E-state index in [0.29, 0.717) is 23.4 Å². The molecule has 0 saturated carbocycles. The van der Waals surface area contributed by atoms with Gasteiger partial charge >= 0.3 is 5.88 Å². The number of carbonyl (C=O) groups excluding carboxylic acids is 1. The number of amides is 1. The molecular formula is C22H23N4O3+. The van der Waals surface area contributed by atoms with Crippen LogP contribution in [0, 0.1) is 0 Å². The number of primary amides is 1. The van der Waals surface area contributed by atoms with Crippen molar-refractivity contribution in [2.75, 3.05) is 18.4 Å². The van der Waals surface area contributed by atoms with Crippen molar-refractivity contribution in [1.29, 1.82) is 0 Å². The van der Waals surface area contributed by atoms with E-state index in [1.165, 1.54) is 0 Å². The number of aromatic nitrogens is 1. The van der Waals surface area contributed by atoms with Gasteiger partial charge in [-0.1, -0.05) is 18.2 Å². The summed E-state index contributed by atoms with van der Waals surface area (Å²) in [6, 6.07) is 18.7. The third-order valence-electron chi connectivity index (χ3n) is 4.62. The van der Waals surface area contributed by atoms with Gasteiger partial charge in [-0.2, -0.15) is 4.98 Å². The number of anilines is 1. The normalized spacial score (nSPS) is 15.7. The first-order valence-corrected chi connectivity index (χ1v) is 9.51. The highest BCUT2D eigenvalue weighted by Gasteiger charge is 2.21. The fourth-order valence-corrected chi connectivity index (χ4v) is 3.17. The van der Waals surface area contributed by atoms with E-state index in [9.17, 15) is 4.79 Å². The first-order valence-electron chi connectivity index (χ1n) is 9.51. The molecule has 1 unspecified atom stereocenters. The number of pyridine rings is 1. The topological polar surface area (TPSA) is 99.8 Å². The molecule has 4 rings (SSSR count). The second kappa shape index (κ2) is 8.62. The van der Waals surface area contributed by atoms with Crippen LogP contribution in [0.3, 0.4) is 0 Å². The molecule has 1 aliphatic heterocycles. The minimum absolute atomic E-state index is 0.283. The van der Waals surface area contributed by atoms with Crippen LogP contribution >= 0.6 is 0 Å². The number of H-pyrrole nitrogens is 1. The zero-order valence-electron chi connectivity index (χ0n) is 15.9. The predicted molar refractivity (Wildman–Crippen MR) is 109 cm³/mol. The molecule has 2 aromatic carbocycles. The standard InChI is InChI=1S/C22H22N4O3/c23-21(27)20-12-16(26-15-10-11-24-13-15)14-25-22(20)29-19-8-6-18(7-9-19)28-17-4-2-1-3-5-17/h1-9,12,14-15,24,26H,10-11,13H2,(H2,23,27)/p+1. The molecule has 0 radical (unpaired) electrons. The van der Waals surface area contributed by atoms with Crippen molar-refractivity contribution < 1.29 is 19.3 Å². The third kappa shape index (κ3) is 4.83. The Morgan fingerprint density at radius 2 is 1.72 bits per heavy atom. The lowest BCUT2D eigenvalue weighted by Crippen LogP contribution is -2.25. The van der Waals surface area contributed by atoms with Crippen LogP contribution in [0.1, 0.15) is 16.8 Å². The van der Waals surface area contributed by atoms with Gasteiger partial charge < -0.3 is 25.8 Å². The van der Waals surface area contributed by atoms with Crippen LogP contribution in [0.2, 0.25) is 0 Å². The Labute approximate surface area is 168 Å². The molecule has 1 fully saturated rings. The Balaban J connectivity index is 1.47. The Morgan fingerprint density at radius 3 is 2.38 bits per heavy atom. The van der Waals surface area contributed by atoms with Crippen LogP contribution in [0.5, 0.6) is 23.1 Å². The maximum atomic E-state index is 11.9. The van der Waals surface area contributed by atoms with Crippen molar-refractivity contribution in [3.8, 4) is 23.1 Å². The summed E-state index contributed by atoms with van der Waals surface area (Å²) in [5.41, 5.74) is 6.64. The summed E-state index contributed by atoms with van der Waals surface area (Å²) in [6.45, 7) is 1.87. The van der Waals surface area contributed by atoms with E-state index in [0.717, 1.165) is 30.9 Å². The molecule has 3 aromatic rings. The molecule has 0 aliphatic carbocycles. The van der Waals surface area contributed by atoms with Crippen molar-refractivity contribution in [2.24, 2.45) is 5.73 Å². The molecule has 1 saturated heterocycles. The van der Waals surface area contributed by atoms with Gasteiger partial charge in [0.15, 0.2) is 11.8 Å². The Hall–Kier alpha value is -3.58. The monoisotopic (exact) mass is 391 g/mol. The Bertz CT molecular complexity index is 971. The second-order valence-corrected chi connectivity index (χ2v) is 6.82. The van der Waals surface area contributed by atoms with Gasteiger partial charge in [-0.3, -0.25) is 4.79 Å². The summed E-state index contributed by atoms with van der Waals surface area (Å²) < 4.78 is 11.6. The van der Waals surface area contributed by atoms with Crippen LogP contribution in [0.25, 0.3) is 0 Å². The van der Waals surface area contributed by atoms with Crippen LogP contribution < -0.4 is 30.8 Å². The maximum absolute atomic E-state index is 11.9. The van der Waals surface area contributed by atoms with Gasteiger partial charge in [-0.05, 0) is 55.4 Å². The lowest BCUT2D eigenvalue weighted by atomic mass is 10.2. The lowest BCUT2D eigenvalue weighted by molar-refractivity contribution is -0.390. The number of aromatic amines is 1. The van der Waals surface area contributed by atoms with E-state index in [-0.39, 0.29) is 5.56 Å². The third-order valence-corrected chi connectivity index (χ3v) is 4.62. The van der Waals surface area contributed by atoms with E-state index in [1.807, 2.05) is 30.3 Å². The molecule has 148 valence electrons. The second-order valence-electron chi connectivity index (χ2n) is 6.82. The number of hydrogen-bond acceptors (Lipinski definition) is 5. The van der Waals surface area contributed by atoms with Gasteiger partial charge in [0.2, 0.25) is 0 Å². The molecule has 29 heavy (non-hydrogen) atoms. The Kier molecular flexibility index (Phi) is 5.58. The summed E-state index contributed by atoms with van der Waals surface area (Å²) in [7, 11) is 0. The van der Waals surface area contributed by atoms with E-state index in [2.05, 4.69) is 15.6 Å². The number of benzene rings is 2. The van der Waals surface area contributed by atoms with Gasteiger partial charge in [-0.15, -0.1) is 0 Å². The number of carbonyl (C=O) groups is 1. The van der Waals surface area contributed by atoms with E-state index < -0.39 is 5.91 Å². The number of rotatable bonds is 7. The largest absolute Gasteiger partial charge is 0.457 e. The summed E-state index contributed by atoms with van der Waals surface area (Å²) in [4.78, 5) is 14.9. The van der Waals surface area contributed by atoms with Crippen molar-refractivity contribution in [1.82, 2.24) is 5.32 Å². The maximum Gasteiger partial charge on any atom is 0.384 e. The number of nitrogens with two attached hydrogens (primary N) is 1. The highest BCUT2D eigenvalue weighted by Crippen LogP contribution is 2.27. The highest BCUT2D eigenvalue weighted by atomic mass is 16.5. The molecule has 0 bridgehead atoms. The molecule has 7 heteroatoms. The molecule has 5 N–H and O–H groups in total. The van der Waals surface area contributed by atoms with Crippen molar-refractivity contribution in [3.05, 3.63) is 72.4 Å². The molecule has 0 spiro atoms. The SMILES string of the molecule is NC(=O)c1cc(NC2CCNC2)c[nH+]c1Oc1ccc(Oc2ccccc2)cc1. The van der Waals surface area contributed by atoms with Crippen LogP contribution in [-0.4, -0.2) is 25.0 Å². The van der Waals surface area contributed by atoms with E-state index >= 15 is 0 Å². The highest BCUT2D eigenvalue weighted by molar-refractivity contribution is 5.95. The fraction of sp³-hybridized carbons (Fsp3) is 0.182. The fourth-order valence-electron chi connectivity index (χ4n) is 3.17. The average molecular weight is 391 g/mol. The van der Waals surface area contributed by atoms with Crippen LogP contribution in [0.4, 0.5) is 5.69 Å². The molecule has 1 amide bonds. The average Bonchev–Trinajstić information content (AvgIpc) is 3.24. The first-order chi connectivity index (χ1) is 14.2. The van der Waals surface area contributed by atoms with Gasteiger partial charge in [0, 0.05) is 12.6 Å². The van der Waals surface area contributed by atoms with Gasteiger partial charge in [-0.25, -0.2) is 0 Å². The minimum atomic E-state index is -0.562. The van der Waals surface area contributed by atoms with E-state index in [1.54, 1.807) is 36.5 Å². The predicted octanol–water partition coefficient (Wildman–Crippen LogP) is 2.96.